The summed E-state index contributed by atoms with van der Waals surface area (Å²) < 4.78 is 5.26. The van der Waals surface area contributed by atoms with Crippen LogP contribution in [0.5, 0.6) is 0 Å². The molecule has 3 amide bonds. The standard InChI is InChI=1S/C25H31N3O4/c29-23(13-6-10-20-8-2-1-3-9-20)26-15-17-27(18-16-26)24(30)21-11-4-5-14-28(21)25(31)22-12-7-19-32-22/h1-3,7-9,12,19,21H,4-6,10-11,13-18H2. The first-order chi connectivity index (χ1) is 15.6. The van der Waals surface area contributed by atoms with E-state index in [0.29, 0.717) is 45.6 Å². The summed E-state index contributed by atoms with van der Waals surface area (Å²) in [6.45, 7) is 2.70. The molecule has 2 saturated heterocycles. The summed E-state index contributed by atoms with van der Waals surface area (Å²) in [5.41, 5.74) is 1.25. The SMILES string of the molecule is O=C(CCCc1ccccc1)N1CCN(C(=O)C2CCCCN2C(=O)c2ccco2)CC1. The van der Waals surface area contributed by atoms with Crippen molar-refractivity contribution < 1.29 is 18.8 Å². The predicted octanol–water partition coefficient (Wildman–Crippen LogP) is 2.97. The number of hydrogen-bond donors (Lipinski definition) is 0. The molecule has 0 aliphatic carbocycles. The molecule has 0 spiro atoms. The number of likely N-dealkylation sites (tertiary alicyclic amines) is 1. The second-order valence-electron chi connectivity index (χ2n) is 8.53. The van der Waals surface area contributed by atoms with Gasteiger partial charge < -0.3 is 19.1 Å². The Kier molecular flexibility index (Phi) is 7.24. The van der Waals surface area contributed by atoms with E-state index < -0.39 is 6.04 Å². The number of carbonyl (C=O) groups excluding carboxylic acids is 3. The van der Waals surface area contributed by atoms with Crippen molar-refractivity contribution in [3.05, 3.63) is 60.1 Å². The highest BCUT2D eigenvalue weighted by Crippen LogP contribution is 2.22. The molecule has 32 heavy (non-hydrogen) atoms. The highest BCUT2D eigenvalue weighted by atomic mass is 16.3. The van der Waals surface area contributed by atoms with Crippen LogP contribution >= 0.6 is 0 Å². The number of piperidine rings is 1. The van der Waals surface area contributed by atoms with Gasteiger partial charge in [0.25, 0.3) is 5.91 Å². The zero-order chi connectivity index (χ0) is 22.3. The van der Waals surface area contributed by atoms with Crippen molar-refractivity contribution in [2.75, 3.05) is 32.7 Å². The lowest BCUT2D eigenvalue weighted by molar-refractivity contribution is -0.143. The van der Waals surface area contributed by atoms with Crippen molar-refractivity contribution in [2.24, 2.45) is 0 Å². The molecule has 0 N–H and O–H groups in total. The Labute approximate surface area is 189 Å². The number of piperazine rings is 1. The van der Waals surface area contributed by atoms with Crippen molar-refractivity contribution in [3.8, 4) is 0 Å². The average Bonchev–Trinajstić information content (AvgIpc) is 3.39. The number of benzene rings is 1. The van der Waals surface area contributed by atoms with Gasteiger partial charge in [-0.2, -0.15) is 0 Å². The minimum atomic E-state index is -0.450. The fourth-order valence-electron chi connectivity index (χ4n) is 4.61. The maximum atomic E-state index is 13.2. The molecular weight excluding hydrogens is 406 g/mol. The van der Waals surface area contributed by atoms with E-state index in [1.807, 2.05) is 28.0 Å². The molecule has 7 nitrogen and oxygen atoms in total. The van der Waals surface area contributed by atoms with E-state index in [-0.39, 0.29) is 23.5 Å². The summed E-state index contributed by atoms with van der Waals surface area (Å²) >= 11 is 0. The second-order valence-corrected chi connectivity index (χ2v) is 8.53. The van der Waals surface area contributed by atoms with Crippen LogP contribution in [0.2, 0.25) is 0 Å². The molecule has 0 saturated carbocycles. The molecule has 0 radical (unpaired) electrons. The van der Waals surface area contributed by atoms with Gasteiger partial charge in [0.2, 0.25) is 11.8 Å². The van der Waals surface area contributed by atoms with Crippen molar-refractivity contribution in [2.45, 2.75) is 44.6 Å². The lowest BCUT2D eigenvalue weighted by Gasteiger charge is -2.40. The van der Waals surface area contributed by atoms with Gasteiger partial charge in [-0.15, -0.1) is 0 Å². The normalized spacial score (nSPS) is 19.1. The van der Waals surface area contributed by atoms with Gasteiger partial charge in [0.15, 0.2) is 5.76 Å². The Morgan fingerprint density at radius 1 is 0.875 bits per heavy atom. The Hall–Kier alpha value is -3.09. The van der Waals surface area contributed by atoms with Gasteiger partial charge >= 0.3 is 0 Å². The van der Waals surface area contributed by atoms with Gasteiger partial charge in [-0.1, -0.05) is 30.3 Å². The largest absolute Gasteiger partial charge is 0.459 e. The van der Waals surface area contributed by atoms with Crippen molar-refractivity contribution in [3.63, 3.8) is 0 Å². The minimum Gasteiger partial charge on any atom is -0.459 e. The second kappa shape index (κ2) is 10.5. The summed E-state index contributed by atoms with van der Waals surface area (Å²) in [5, 5.41) is 0. The molecule has 1 atom stereocenters. The third kappa shape index (κ3) is 5.21. The van der Waals surface area contributed by atoms with E-state index >= 15 is 0 Å². The molecule has 1 aromatic heterocycles. The van der Waals surface area contributed by atoms with Gasteiger partial charge in [-0.25, -0.2) is 0 Å². The maximum absolute atomic E-state index is 13.2. The molecular formula is C25H31N3O4. The molecule has 3 heterocycles. The van der Waals surface area contributed by atoms with Crippen LogP contribution < -0.4 is 0 Å². The van der Waals surface area contributed by atoms with Crippen LogP contribution in [-0.2, 0) is 16.0 Å². The maximum Gasteiger partial charge on any atom is 0.290 e. The molecule has 170 valence electrons. The van der Waals surface area contributed by atoms with Gasteiger partial charge in [0.1, 0.15) is 6.04 Å². The molecule has 4 rings (SSSR count). The number of amides is 3. The van der Waals surface area contributed by atoms with Gasteiger partial charge in [0, 0.05) is 39.1 Å². The number of aryl methyl sites for hydroxylation is 1. The Bertz CT molecular complexity index is 905. The van der Waals surface area contributed by atoms with Gasteiger partial charge in [0.05, 0.1) is 6.26 Å². The van der Waals surface area contributed by atoms with Gasteiger partial charge in [-0.05, 0) is 49.8 Å². The van der Waals surface area contributed by atoms with Crippen molar-refractivity contribution in [1.29, 1.82) is 0 Å². The highest BCUT2D eigenvalue weighted by Gasteiger charge is 2.37. The van der Waals surface area contributed by atoms with E-state index in [9.17, 15) is 14.4 Å². The van der Waals surface area contributed by atoms with Crippen LogP contribution in [0, 0.1) is 0 Å². The number of carbonyl (C=O) groups is 3. The Morgan fingerprint density at radius 2 is 1.62 bits per heavy atom. The van der Waals surface area contributed by atoms with E-state index in [4.69, 9.17) is 4.42 Å². The molecule has 1 unspecified atom stereocenters. The summed E-state index contributed by atoms with van der Waals surface area (Å²) in [4.78, 5) is 44.0. The topological polar surface area (TPSA) is 74.1 Å². The van der Waals surface area contributed by atoms with Crippen LogP contribution in [0.25, 0.3) is 0 Å². The van der Waals surface area contributed by atoms with E-state index in [1.165, 1.54) is 11.8 Å². The number of hydrogen-bond acceptors (Lipinski definition) is 4. The van der Waals surface area contributed by atoms with Crippen molar-refractivity contribution in [1.82, 2.24) is 14.7 Å². The molecule has 2 aliphatic rings. The van der Waals surface area contributed by atoms with Crippen LogP contribution in [0.15, 0.2) is 53.1 Å². The average molecular weight is 438 g/mol. The molecule has 7 heteroatoms. The van der Waals surface area contributed by atoms with E-state index in [0.717, 1.165) is 25.7 Å². The molecule has 0 bridgehead atoms. The van der Waals surface area contributed by atoms with Gasteiger partial charge in [-0.3, -0.25) is 14.4 Å². The number of rotatable bonds is 6. The number of furan rings is 1. The summed E-state index contributed by atoms with van der Waals surface area (Å²) in [6.07, 6.45) is 6.21. The monoisotopic (exact) mass is 437 g/mol. The first-order valence-electron chi connectivity index (χ1n) is 11.6. The number of nitrogens with zero attached hydrogens (tertiary/aromatic N) is 3. The third-order valence-electron chi connectivity index (χ3n) is 6.42. The lowest BCUT2D eigenvalue weighted by atomic mass is 10.00. The van der Waals surface area contributed by atoms with Crippen molar-refractivity contribution >= 4 is 17.7 Å². The third-order valence-corrected chi connectivity index (χ3v) is 6.42. The highest BCUT2D eigenvalue weighted by molar-refractivity contribution is 5.95. The molecule has 1 aromatic carbocycles. The first-order valence-corrected chi connectivity index (χ1v) is 11.6. The summed E-state index contributed by atoms with van der Waals surface area (Å²) in [7, 11) is 0. The smallest absolute Gasteiger partial charge is 0.290 e. The van der Waals surface area contributed by atoms with Crippen LogP contribution in [-0.4, -0.2) is 71.2 Å². The van der Waals surface area contributed by atoms with E-state index in [2.05, 4.69) is 12.1 Å². The molecule has 2 aliphatic heterocycles. The van der Waals surface area contributed by atoms with Crippen LogP contribution in [0.4, 0.5) is 0 Å². The minimum absolute atomic E-state index is 0.0132. The molecule has 2 fully saturated rings. The lowest BCUT2D eigenvalue weighted by Crippen LogP contribution is -2.57. The van der Waals surface area contributed by atoms with Crippen LogP contribution in [0.1, 0.15) is 48.2 Å². The van der Waals surface area contributed by atoms with E-state index in [1.54, 1.807) is 17.0 Å². The quantitative estimate of drug-likeness (QED) is 0.696. The Morgan fingerprint density at radius 3 is 2.34 bits per heavy atom. The predicted molar refractivity (Wildman–Crippen MR) is 120 cm³/mol. The first kappa shape index (κ1) is 22.1. The zero-order valence-electron chi connectivity index (χ0n) is 18.4. The summed E-state index contributed by atoms with van der Waals surface area (Å²) in [5.74, 6) is 0.192. The molecule has 2 aromatic rings. The Balaban J connectivity index is 1.27. The zero-order valence-corrected chi connectivity index (χ0v) is 18.4. The summed E-state index contributed by atoms with van der Waals surface area (Å²) in [6, 6.07) is 13.1. The van der Waals surface area contributed by atoms with Crippen LogP contribution in [0.3, 0.4) is 0 Å². The fraction of sp³-hybridized carbons (Fsp3) is 0.480. The fourth-order valence-corrected chi connectivity index (χ4v) is 4.61.